The number of hydrogen-bond acceptors (Lipinski definition) is 6. The summed E-state index contributed by atoms with van der Waals surface area (Å²) in [7, 11) is -2.13. The standard InChI is InChI=1S/C24H26ClN3O5S/c1-32-21-4-2-3-20(15-21)27-19-11-13-28(14-12-19)34(30,31)23-10-9-22(33-23)16-26-24(29)17-5-7-18(25)8-6-17/h2-10,15,19,27H,11-14,16H2,1H3,(H,26,29). The maximum absolute atomic E-state index is 13.0. The predicted octanol–water partition coefficient (Wildman–Crippen LogP) is 4.14. The Morgan fingerprint density at radius 2 is 1.85 bits per heavy atom. The van der Waals surface area contributed by atoms with E-state index < -0.39 is 10.0 Å². The molecule has 1 amide bonds. The SMILES string of the molecule is COc1cccc(NC2CCN(S(=O)(=O)c3ccc(CNC(=O)c4ccc(Cl)cc4)o3)CC2)c1. The summed E-state index contributed by atoms with van der Waals surface area (Å²) in [6.45, 7) is 0.837. The van der Waals surface area contributed by atoms with Crippen molar-refractivity contribution < 1.29 is 22.4 Å². The monoisotopic (exact) mass is 503 g/mol. The van der Waals surface area contributed by atoms with E-state index >= 15 is 0 Å². The summed E-state index contributed by atoms with van der Waals surface area (Å²) >= 11 is 5.84. The fraction of sp³-hybridized carbons (Fsp3) is 0.292. The molecule has 0 aliphatic carbocycles. The van der Waals surface area contributed by atoms with E-state index in [9.17, 15) is 13.2 Å². The van der Waals surface area contributed by atoms with Gasteiger partial charge in [-0.15, -0.1) is 0 Å². The molecule has 0 spiro atoms. The number of anilines is 1. The highest BCUT2D eigenvalue weighted by atomic mass is 35.5. The fourth-order valence-electron chi connectivity index (χ4n) is 3.78. The molecule has 1 saturated heterocycles. The van der Waals surface area contributed by atoms with Crippen molar-refractivity contribution in [2.75, 3.05) is 25.5 Å². The van der Waals surface area contributed by atoms with Gasteiger partial charge in [0.05, 0.1) is 13.7 Å². The molecular formula is C24H26ClN3O5S. The second kappa shape index (κ2) is 10.5. The molecule has 10 heteroatoms. The highest BCUT2D eigenvalue weighted by Gasteiger charge is 2.31. The number of furan rings is 1. The number of carbonyl (C=O) groups excluding carboxylic acids is 1. The maximum atomic E-state index is 13.0. The van der Waals surface area contributed by atoms with Crippen molar-refractivity contribution in [3.63, 3.8) is 0 Å². The van der Waals surface area contributed by atoms with Crippen LogP contribution in [0.4, 0.5) is 5.69 Å². The Kier molecular flexibility index (Phi) is 7.45. The molecule has 2 heterocycles. The van der Waals surface area contributed by atoms with Crippen molar-refractivity contribution in [1.82, 2.24) is 9.62 Å². The number of carbonyl (C=O) groups is 1. The van der Waals surface area contributed by atoms with E-state index in [2.05, 4.69) is 10.6 Å². The molecule has 1 aromatic heterocycles. The smallest absolute Gasteiger partial charge is 0.276 e. The van der Waals surface area contributed by atoms with Gasteiger partial charge in [0.2, 0.25) is 5.09 Å². The van der Waals surface area contributed by atoms with E-state index in [0.29, 0.717) is 42.3 Å². The number of nitrogens with one attached hydrogen (secondary N) is 2. The topological polar surface area (TPSA) is 101 Å². The van der Waals surface area contributed by atoms with Crippen molar-refractivity contribution in [2.24, 2.45) is 0 Å². The minimum atomic E-state index is -3.75. The third kappa shape index (κ3) is 5.72. The Hall–Kier alpha value is -3.01. The quantitative estimate of drug-likeness (QED) is 0.479. The largest absolute Gasteiger partial charge is 0.497 e. The molecule has 2 aromatic carbocycles. The Morgan fingerprint density at radius 3 is 2.56 bits per heavy atom. The molecule has 180 valence electrons. The number of halogens is 1. The fourth-order valence-corrected chi connectivity index (χ4v) is 5.30. The molecule has 3 aromatic rings. The van der Waals surface area contributed by atoms with Gasteiger partial charge in [0.25, 0.3) is 15.9 Å². The molecule has 34 heavy (non-hydrogen) atoms. The van der Waals surface area contributed by atoms with Crippen molar-refractivity contribution in [3.05, 3.63) is 77.0 Å². The third-order valence-electron chi connectivity index (χ3n) is 5.66. The van der Waals surface area contributed by atoms with E-state index in [1.165, 1.54) is 10.4 Å². The molecule has 1 aliphatic heterocycles. The molecule has 0 bridgehead atoms. The number of benzene rings is 2. The van der Waals surface area contributed by atoms with Crippen molar-refractivity contribution in [3.8, 4) is 5.75 Å². The molecular weight excluding hydrogens is 478 g/mol. The van der Waals surface area contributed by atoms with Crippen molar-refractivity contribution >= 4 is 33.2 Å². The van der Waals surface area contributed by atoms with Gasteiger partial charge >= 0.3 is 0 Å². The molecule has 2 N–H and O–H groups in total. The minimum Gasteiger partial charge on any atom is -0.497 e. The first-order chi connectivity index (χ1) is 16.3. The highest BCUT2D eigenvalue weighted by molar-refractivity contribution is 7.89. The van der Waals surface area contributed by atoms with Crippen LogP contribution in [0.25, 0.3) is 0 Å². The van der Waals surface area contributed by atoms with Gasteiger partial charge < -0.3 is 19.8 Å². The lowest BCUT2D eigenvalue weighted by atomic mass is 10.1. The van der Waals surface area contributed by atoms with Crippen LogP contribution in [0.2, 0.25) is 5.02 Å². The second-order valence-corrected chi connectivity index (χ2v) is 10.3. The van der Waals surface area contributed by atoms with Gasteiger partial charge in [-0.1, -0.05) is 17.7 Å². The summed E-state index contributed by atoms with van der Waals surface area (Å²) in [5.41, 5.74) is 1.39. The van der Waals surface area contributed by atoms with Crippen LogP contribution in [0.5, 0.6) is 5.75 Å². The average Bonchev–Trinajstić information content (AvgIpc) is 3.33. The number of hydrogen-bond donors (Lipinski definition) is 2. The van der Waals surface area contributed by atoms with Crippen LogP contribution in [0.1, 0.15) is 29.0 Å². The summed E-state index contributed by atoms with van der Waals surface area (Å²) in [4.78, 5) is 12.2. The van der Waals surface area contributed by atoms with Crippen LogP contribution in [0.15, 0.2) is 70.2 Å². The van der Waals surface area contributed by atoms with E-state index in [-0.39, 0.29) is 23.6 Å². The first-order valence-corrected chi connectivity index (χ1v) is 12.7. The maximum Gasteiger partial charge on any atom is 0.276 e. The van der Waals surface area contributed by atoms with Gasteiger partial charge in [-0.3, -0.25) is 4.79 Å². The minimum absolute atomic E-state index is 0.0729. The lowest BCUT2D eigenvalue weighted by Gasteiger charge is -2.31. The van der Waals surface area contributed by atoms with Gasteiger partial charge in [0, 0.05) is 41.5 Å². The van der Waals surface area contributed by atoms with Crippen LogP contribution in [-0.2, 0) is 16.6 Å². The molecule has 1 fully saturated rings. The Labute approximate surface area is 203 Å². The van der Waals surface area contributed by atoms with E-state index in [4.69, 9.17) is 20.8 Å². The number of ether oxygens (including phenoxy) is 1. The predicted molar refractivity (Wildman–Crippen MR) is 130 cm³/mol. The Balaban J connectivity index is 1.31. The van der Waals surface area contributed by atoms with Crippen LogP contribution in [0, 0.1) is 0 Å². The van der Waals surface area contributed by atoms with Crippen molar-refractivity contribution in [2.45, 2.75) is 30.5 Å². The zero-order chi connectivity index (χ0) is 24.1. The molecule has 0 atom stereocenters. The number of methoxy groups -OCH3 is 1. The average molecular weight is 504 g/mol. The molecule has 8 nitrogen and oxygen atoms in total. The molecule has 0 unspecified atom stereocenters. The summed E-state index contributed by atoms with van der Waals surface area (Å²) in [5.74, 6) is 0.821. The summed E-state index contributed by atoms with van der Waals surface area (Å²) in [6, 6.07) is 17.3. The number of amides is 1. The van der Waals surface area contributed by atoms with Crippen LogP contribution < -0.4 is 15.4 Å². The molecule has 0 saturated carbocycles. The van der Waals surface area contributed by atoms with E-state index in [1.54, 1.807) is 37.4 Å². The van der Waals surface area contributed by atoms with Gasteiger partial charge in [0.15, 0.2) is 0 Å². The van der Waals surface area contributed by atoms with Crippen molar-refractivity contribution in [1.29, 1.82) is 0 Å². The highest BCUT2D eigenvalue weighted by Crippen LogP contribution is 2.25. The number of sulfonamides is 1. The number of piperidine rings is 1. The first-order valence-electron chi connectivity index (χ1n) is 10.9. The van der Waals surface area contributed by atoms with Crippen LogP contribution in [0.3, 0.4) is 0 Å². The molecule has 0 radical (unpaired) electrons. The third-order valence-corrected chi connectivity index (χ3v) is 7.68. The summed E-state index contributed by atoms with van der Waals surface area (Å²) in [6.07, 6.45) is 1.34. The second-order valence-electron chi connectivity index (χ2n) is 7.96. The van der Waals surface area contributed by atoms with Gasteiger partial charge in [-0.25, -0.2) is 8.42 Å². The van der Waals surface area contributed by atoms with E-state index in [1.807, 2.05) is 24.3 Å². The number of rotatable bonds is 8. The van der Waals surface area contributed by atoms with Crippen LogP contribution in [-0.4, -0.2) is 44.9 Å². The molecule has 4 rings (SSSR count). The lowest BCUT2D eigenvalue weighted by Crippen LogP contribution is -2.42. The normalized spacial score (nSPS) is 15.1. The van der Waals surface area contributed by atoms with Gasteiger partial charge in [-0.2, -0.15) is 4.31 Å². The first kappa shape index (κ1) is 24.1. The zero-order valence-corrected chi connectivity index (χ0v) is 20.2. The van der Waals surface area contributed by atoms with E-state index in [0.717, 1.165) is 11.4 Å². The van der Waals surface area contributed by atoms with Crippen LogP contribution >= 0.6 is 11.6 Å². The Bertz CT molecular complexity index is 1240. The Morgan fingerprint density at radius 1 is 1.12 bits per heavy atom. The summed E-state index contributed by atoms with van der Waals surface area (Å²) < 4.78 is 38.3. The zero-order valence-electron chi connectivity index (χ0n) is 18.7. The lowest BCUT2D eigenvalue weighted by molar-refractivity contribution is 0.0947. The van der Waals surface area contributed by atoms with Gasteiger partial charge in [0.1, 0.15) is 11.5 Å². The summed E-state index contributed by atoms with van der Waals surface area (Å²) in [5, 5.41) is 6.57. The van der Waals surface area contributed by atoms with Gasteiger partial charge in [-0.05, 0) is 61.4 Å². The number of nitrogens with zero attached hydrogens (tertiary/aromatic N) is 1. The molecule has 1 aliphatic rings.